The predicted molar refractivity (Wildman–Crippen MR) is 120 cm³/mol. The number of hydrogen-bond acceptors (Lipinski definition) is 4. The van der Waals surface area contributed by atoms with Crippen molar-refractivity contribution in [3.05, 3.63) is 89.2 Å². The van der Waals surface area contributed by atoms with Crippen molar-refractivity contribution >= 4 is 21.6 Å². The average Bonchev–Trinajstić information content (AvgIpc) is 2.79. The number of para-hydroxylation sites is 2. The molecule has 1 amide bonds. The highest BCUT2D eigenvalue weighted by Gasteiger charge is 2.22. The Labute approximate surface area is 186 Å². The summed E-state index contributed by atoms with van der Waals surface area (Å²) in [6.45, 7) is 2.38. The largest absolute Gasteiger partial charge is 0.493 e. The third kappa shape index (κ3) is 4.75. The SMILES string of the molecule is Cc1cc(S(=O)(=O)Nc2ccccc2C(=O)NCC2COc3ccccc3C2)ccc1F. The fourth-order valence-electron chi connectivity index (χ4n) is 3.61. The molecule has 0 saturated heterocycles. The fourth-order valence-corrected chi connectivity index (χ4v) is 4.78. The number of nitrogens with one attached hydrogen (secondary N) is 2. The number of anilines is 1. The second-order valence-corrected chi connectivity index (χ2v) is 9.44. The van der Waals surface area contributed by atoms with Crippen molar-refractivity contribution in [2.24, 2.45) is 5.92 Å². The first-order valence-electron chi connectivity index (χ1n) is 10.2. The maximum Gasteiger partial charge on any atom is 0.261 e. The van der Waals surface area contributed by atoms with E-state index in [2.05, 4.69) is 10.0 Å². The highest BCUT2D eigenvalue weighted by atomic mass is 32.2. The number of ether oxygens (including phenoxy) is 1. The normalized spacial score (nSPS) is 15.4. The van der Waals surface area contributed by atoms with E-state index < -0.39 is 21.7 Å². The summed E-state index contributed by atoms with van der Waals surface area (Å²) in [5.74, 6) is 0.0984. The Morgan fingerprint density at radius 1 is 1.09 bits per heavy atom. The Hall–Kier alpha value is -3.39. The molecule has 6 nitrogen and oxygen atoms in total. The van der Waals surface area contributed by atoms with E-state index in [9.17, 15) is 17.6 Å². The van der Waals surface area contributed by atoms with Gasteiger partial charge in [-0.3, -0.25) is 9.52 Å². The molecule has 1 aliphatic rings. The van der Waals surface area contributed by atoms with E-state index >= 15 is 0 Å². The molecule has 166 valence electrons. The zero-order valence-corrected chi connectivity index (χ0v) is 18.3. The summed E-state index contributed by atoms with van der Waals surface area (Å²) < 4.78 is 47.3. The molecular weight excluding hydrogens is 431 g/mol. The molecule has 1 heterocycles. The van der Waals surface area contributed by atoms with Crippen molar-refractivity contribution in [3.8, 4) is 5.75 Å². The van der Waals surface area contributed by atoms with Crippen molar-refractivity contribution in [1.82, 2.24) is 5.32 Å². The molecule has 0 fully saturated rings. The number of hydrogen-bond donors (Lipinski definition) is 2. The Morgan fingerprint density at radius 2 is 1.84 bits per heavy atom. The first-order valence-corrected chi connectivity index (χ1v) is 11.7. The van der Waals surface area contributed by atoms with E-state index in [1.807, 2.05) is 24.3 Å². The van der Waals surface area contributed by atoms with Crippen LogP contribution in [0.2, 0.25) is 0 Å². The summed E-state index contributed by atoms with van der Waals surface area (Å²) in [4.78, 5) is 12.8. The van der Waals surface area contributed by atoms with Crippen LogP contribution in [-0.2, 0) is 16.4 Å². The van der Waals surface area contributed by atoms with Crippen LogP contribution in [0.4, 0.5) is 10.1 Å². The molecule has 4 rings (SSSR count). The maximum atomic E-state index is 13.5. The number of aryl methyl sites for hydroxylation is 1. The quantitative estimate of drug-likeness (QED) is 0.591. The zero-order valence-electron chi connectivity index (χ0n) is 17.5. The first kappa shape index (κ1) is 21.8. The lowest BCUT2D eigenvalue weighted by Crippen LogP contribution is -2.35. The van der Waals surface area contributed by atoms with Crippen LogP contribution in [0.3, 0.4) is 0 Å². The zero-order chi connectivity index (χ0) is 22.7. The Morgan fingerprint density at radius 3 is 2.66 bits per heavy atom. The van der Waals surface area contributed by atoms with E-state index in [1.165, 1.54) is 25.1 Å². The molecule has 1 atom stereocenters. The lowest BCUT2D eigenvalue weighted by molar-refractivity contribution is 0.0940. The summed E-state index contributed by atoms with van der Waals surface area (Å²) in [6.07, 6.45) is 0.786. The lowest BCUT2D eigenvalue weighted by atomic mass is 9.96. The average molecular weight is 455 g/mol. The molecule has 0 radical (unpaired) electrons. The van der Waals surface area contributed by atoms with Crippen LogP contribution >= 0.6 is 0 Å². The van der Waals surface area contributed by atoms with Crippen molar-refractivity contribution in [3.63, 3.8) is 0 Å². The van der Waals surface area contributed by atoms with Gasteiger partial charge in [-0.1, -0.05) is 30.3 Å². The molecule has 0 bridgehead atoms. The second kappa shape index (κ2) is 9.00. The standard InChI is InChI=1S/C24H23FN2O4S/c1-16-12-19(10-11-21(16)25)32(29,30)27-22-8-4-3-7-20(22)24(28)26-14-17-13-18-6-2-5-9-23(18)31-15-17/h2-12,17,27H,13-15H2,1H3,(H,26,28). The molecule has 1 unspecified atom stereocenters. The minimum atomic E-state index is -3.99. The molecular formula is C24H23FN2O4S. The predicted octanol–water partition coefficient (Wildman–Crippen LogP) is 3.92. The summed E-state index contributed by atoms with van der Waals surface area (Å²) >= 11 is 0. The van der Waals surface area contributed by atoms with Gasteiger partial charge in [0.15, 0.2) is 0 Å². The van der Waals surface area contributed by atoms with Gasteiger partial charge < -0.3 is 10.1 Å². The molecule has 0 aliphatic carbocycles. The molecule has 3 aromatic rings. The van der Waals surface area contributed by atoms with Gasteiger partial charge in [0.05, 0.1) is 22.8 Å². The molecule has 8 heteroatoms. The van der Waals surface area contributed by atoms with Gasteiger partial charge in [-0.2, -0.15) is 0 Å². The number of sulfonamides is 1. The van der Waals surface area contributed by atoms with Gasteiger partial charge in [0.1, 0.15) is 11.6 Å². The van der Waals surface area contributed by atoms with Gasteiger partial charge in [-0.15, -0.1) is 0 Å². The number of rotatable bonds is 6. The van der Waals surface area contributed by atoms with Gasteiger partial charge in [0.25, 0.3) is 15.9 Å². The van der Waals surface area contributed by atoms with Crippen LogP contribution in [0, 0.1) is 18.7 Å². The monoisotopic (exact) mass is 454 g/mol. The summed E-state index contributed by atoms with van der Waals surface area (Å²) in [5, 5.41) is 2.88. The number of halogens is 1. The van der Waals surface area contributed by atoms with Crippen molar-refractivity contribution in [1.29, 1.82) is 0 Å². The minimum Gasteiger partial charge on any atom is -0.493 e. The van der Waals surface area contributed by atoms with E-state index in [1.54, 1.807) is 18.2 Å². The smallest absolute Gasteiger partial charge is 0.261 e. The summed E-state index contributed by atoms with van der Waals surface area (Å²) in [6, 6.07) is 17.7. The number of carbonyl (C=O) groups is 1. The third-order valence-corrected chi connectivity index (χ3v) is 6.73. The van der Waals surface area contributed by atoms with Gasteiger partial charge in [0, 0.05) is 12.5 Å². The van der Waals surface area contributed by atoms with Crippen molar-refractivity contribution < 1.29 is 22.3 Å². The molecule has 0 saturated carbocycles. The lowest BCUT2D eigenvalue weighted by Gasteiger charge is -2.25. The third-order valence-electron chi connectivity index (χ3n) is 5.36. The van der Waals surface area contributed by atoms with E-state index in [0.29, 0.717) is 13.2 Å². The van der Waals surface area contributed by atoms with Crippen LogP contribution in [0.15, 0.2) is 71.6 Å². The molecule has 32 heavy (non-hydrogen) atoms. The van der Waals surface area contributed by atoms with E-state index in [-0.39, 0.29) is 27.6 Å². The van der Waals surface area contributed by atoms with E-state index in [4.69, 9.17) is 4.74 Å². The second-order valence-electron chi connectivity index (χ2n) is 7.76. The Balaban J connectivity index is 1.46. The topological polar surface area (TPSA) is 84.5 Å². The Kier molecular flexibility index (Phi) is 6.14. The fraction of sp³-hybridized carbons (Fsp3) is 0.208. The first-order chi connectivity index (χ1) is 15.3. The van der Waals surface area contributed by atoms with Gasteiger partial charge >= 0.3 is 0 Å². The van der Waals surface area contributed by atoms with Crippen LogP contribution < -0.4 is 14.8 Å². The van der Waals surface area contributed by atoms with Gasteiger partial charge in [-0.05, 0) is 60.9 Å². The number of carbonyl (C=O) groups excluding carboxylic acids is 1. The molecule has 0 aromatic heterocycles. The molecule has 1 aliphatic heterocycles. The van der Waals surface area contributed by atoms with Crippen LogP contribution in [0.25, 0.3) is 0 Å². The molecule has 3 aromatic carbocycles. The summed E-state index contributed by atoms with van der Waals surface area (Å²) in [5.41, 5.74) is 1.67. The highest BCUT2D eigenvalue weighted by molar-refractivity contribution is 7.92. The van der Waals surface area contributed by atoms with Crippen LogP contribution in [-0.4, -0.2) is 27.5 Å². The summed E-state index contributed by atoms with van der Waals surface area (Å²) in [7, 11) is -3.99. The molecule has 2 N–H and O–H groups in total. The van der Waals surface area contributed by atoms with Gasteiger partial charge in [0.2, 0.25) is 0 Å². The number of fused-ring (bicyclic) bond motifs is 1. The molecule has 0 spiro atoms. The van der Waals surface area contributed by atoms with E-state index in [0.717, 1.165) is 23.8 Å². The number of amides is 1. The van der Waals surface area contributed by atoms with Crippen LogP contribution in [0.5, 0.6) is 5.75 Å². The number of benzene rings is 3. The Bertz CT molecular complexity index is 1260. The highest BCUT2D eigenvalue weighted by Crippen LogP contribution is 2.27. The van der Waals surface area contributed by atoms with Crippen molar-refractivity contribution in [2.45, 2.75) is 18.2 Å². The van der Waals surface area contributed by atoms with Gasteiger partial charge in [-0.25, -0.2) is 12.8 Å². The maximum absolute atomic E-state index is 13.5. The minimum absolute atomic E-state index is 0.0790. The van der Waals surface area contributed by atoms with Crippen LogP contribution in [0.1, 0.15) is 21.5 Å². The van der Waals surface area contributed by atoms with Crippen molar-refractivity contribution in [2.75, 3.05) is 17.9 Å².